The largest absolute Gasteiger partial charge is 0.348 e. The van der Waals surface area contributed by atoms with Gasteiger partial charge in [-0.15, -0.1) is 0 Å². The predicted octanol–water partition coefficient (Wildman–Crippen LogP) is 1.76. The first kappa shape index (κ1) is 12.0. The van der Waals surface area contributed by atoms with E-state index in [1.807, 2.05) is 13.8 Å². The van der Waals surface area contributed by atoms with Gasteiger partial charge in [-0.05, 0) is 38.6 Å². The van der Waals surface area contributed by atoms with Crippen LogP contribution in [0.2, 0.25) is 0 Å². The molecule has 3 atom stereocenters. The van der Waals surface area contributed by atoms with Crippen molar-refractivity contribution >= 4 is 0 Å². The van der Waals surface area contributed by atoms with Gasteiger partial charge in [-0.25, -0.2) is 0 Å². The quantitative estimate of drug-likeness (QED) is 0.753. The Hall–Kier alpha value is -0.120. The van der Waals surface area contributed by atoms with Gasteiger partial charge < -0.3 is 15.2 Å². The van der Waals surface area contributed by atoms with Gasteiger partial charge in [-0.3, -0.25) is 0 Å². The zero-order valence-electron chi connectivity index (χ0n) is 9.75. The first-order chi connectivity index (χ1) is 6.44. The van der Waals surface area contributed by atoms with Crippen LogP contribution in [0.3, 0.4) is 0 Å². The van der Waals surface area contributed by atoms with Gasteiger partial charge in [0.2, 0.25) is 0 Å². The highest BCUT2D eigenvalue weighted by atomic mass is 16.7. The summed E-state index contributed by atoms with van der Waals surface area (Å²) in [4.78, 5) is 0. The first-order valence-corrected chi connectivity index (χ1v) is 5.46. The van der Waals surface area contributed by atoms with Crippen LogP contribution in [0.1, 0.15) is 34.1 Å². The summed E-state index contributed by atoms with van der Waals surface area (Å²) >= 11 is 0. The molecule has 0 amide bonds. The molecule has 1 fully saturated rings. The molecule has 3 nitrogen and oxygen atoms in total. The van der Waals surface area contributed by atoms with Gasteiger partial charge in [0.1, 0.15) is 0 Å². The average Bonchev–Trinajstić information content (AvgIpc) is 2.46. The summed E-state index contributed by atoms with van der Waals surface area (Å²) in [5.41, 5.74) is 5.60. The van der Waals surface area contributed by atoms with Crippen LogP contribution >= 0.6 is 0 Å². The molecular formula is C11H23NO2. The Labute approximate surface area is 86.9 Å². The fraction of sp³-hybridized carbons (Fsp3) is 1.00. The summed E-state index contributed by atoms with van der Waals surface area (Å²) in [6, 6.07) is 0. The summed E-state index contributed by atoms with van der Waals surface area (Å²) in [6.07, 6.45) is 1.35. The molecule has 2 N–H and O–H groups in total. The van der Waals surface area contributed by atoms with Crippen LogP contribution in [0, 0.1) is 11.8 Å². The Morgan fingerprint density at radius 2 is 2.07 bits per heavy atom. The maximum atomic E-state index is 5.79. The monoisotopic (exact) mass is 201 g/mol. The van der Waals surface area contributed by atoms with Gasteiger partial charge >= 0.3 is 0 Å². The number of ether oxygens (including phenoxy) is 2. The van der Waals surface area contributed by atoms with Gasteiger partial charge in [0.25, 0.3) is 0 Å². The molecule has 0 spiro atoms. The van der Waals surface area contributed by atoms with Crippen molar-refractivity contribution in [3.63, 3.8) is 0 Å². The van der Waals surface area contributed by atoms with E-state index in [2.05, 4.69) is 13.8 Å². The molecule has 0 aromatic heterocycles. The number of hydrogen-bond acceptors (Lipinski definition) is 3. The van der Waals surface area contributed by atoms with E-state index in [-0.39, 0.29) is 6.10 Å². The maximum Gasteiger partial charge on any atom is 0.163 e. The van der Waals surface area contributed by atoms with E-state index in [4.69, 9.17) is 15.2 Å². The fourth-order valence-corrected chi connectivity index (χ4v) is 1.88. The van der Waals surface area contributed by atoms with Crippen molar-refractivity contribution in [1.82, 2.24) is 0 Å². The summed E-state index contributed by atoms with van der Waals surface area (Å²) in [5.74, 6) is 0.692. The summed E-state index contributed by atoms with van der Waals surface area (Å²) < 4.78 is 11.3. The summed E-state index contributed by atoms with van der Waals surface area (Å²) in [6.45, 7) is 9.78. The van der Waals surface area contributed by atoms with E-state index in [0.29, 0.717) is 18.4 Å². The second-order valence-corrected chi connectivity index (χ2v) is 4.92. The molecule has 1 aliphatic rings. The van der Waals surface area contributed by atoms with Gasteiger partial charge in [0.05, 0.1) is 12.7 Å². The lowest BCUT2D eigenvalue weighted by molar-refractivity contribution is -0.144. The molecule has 0 aromatic rings. The van der Waals surface area contributed by atoms with Crippen molar-refractivity contribution in [2.24, 2.45) is 17.6 Å². The fourth-order valence-electron chi connectivity index (χ4n) is 1.88. The third-order valence-corrected chi connectivity index (χ3v) is 2.84. The summed E-state index contributed by atoms with van der Waals surface area (Å²) in [7, 11) is 0. The second kappa shape index (κ2) is 4.60. The number of hydrogen-bond donors (Lipinski definition) is 1. The molecule has 1 saturated heterocycles. The van der Waals surface area contributed by atoms with Crippen LogP contribution in [0.25, 0.3) is 0 Å². The smallest absolute Gasteiger partial charge is 0.163 e. The second-order valence-electron chi connectivity index (χ2n) is 4.92. The predicted molar refractivity (Wildman–Crippen MR) is 56.9 cm³/mol. The van der Waals surface area contributed by atoms with Crippen molar-refractivity contribution in [2.75, 3.05) is 13.2 Å². The number of rotatable bonds is 4. The Morgan fingerprint density at radius 3 is 2.50 bits per heavy atom. The van der Waals surface area contributed by atoms with Gasteiger partial charge in [-0.2, -0.15) is 0 Å². The van der Waals surface area contributed by atoms with Crippen LogP contribution in [-0.2, 0) is 9.47 Å². The van der Waals surface area contributed by atoms with Crippen LogP contribution in [0.5, 0.6) is 0 Å². The SMILES string of the molecule is CC(CN)CC(C)C1COC(C)(C)O1. The Kier molecular flexibility index (Phi) is 3.93. The lowest BCUT2D eigenvalue weighted by atomic mass is 9.93. The molecule has 0 aliphatic carbocycles. The van der Waals surface area contributed by atoms with E-state index < -0.39 is 5.79 Å². The Balaban J connectivity index is 2.35. The van der Waals surface area contributed by atoms with Crippen LogP contribution in [-0.4, -0.2) is 25.0 Å². The normalized spacial score (nSPS) is 30.2. The van der Waals surface area contributed by atoms with Crippen LogP contribution in [0.15, 0.2) is 0 Å². The van der Waals surface area contributed by atoms with Crippen molar-refractivity contribution in [1.29, 1.82) is 0 Å². The van der Waals surface area contributed by atoms with Crippen molar-refractivity contribution < 1.29 is 9.47 Å². The highest BCUT2D eigenvalue weighted by Gasteiger charge is 2.35. The molecule has 3 unspecified atom stereocenters. The molecule has 14 heavy (non-hydrogen) atoms. The standard InChI is InChI=1S/C11H23NO2/c1-8(6-12)5-9(2)10-7-13-11(3,4)14-10/h8-10H,5-7,12H2,1-4H3. The maximum absolute atomic E-state index is 5.79. The Bertz CT molecular complexity index is 182. The molecule has 1 heterocycles. The Morgan fingerprint density at radius 1 is 1.43 bits per heavy atom. The molecule has 0 aromatic carbocycles. The lowest BCUT2D eigenvalue weighted by Crippen LogP contribution is -2.27. The highest BCUT2D eigenvalue weighted by Crippen LogP contribution is 2.29. The molecular weight excluding hydrogens is 178 g/mol. The van der Waals surface area contributed by atoms with Gasteiger partial charge in [0, 0.05) is 0 Å². The molecule has 0 saturated carbocycles. The topological polar surface area (TPSA) is 44.5 Å². The minimum absolute atomic E-state index is 0.235. The zero-order chi connectivity index (χ0) is 10.8. The molecule has 84 valence electrons. The third-order valence-electron chi connectivity index (χ3n) is 2.84. The van der Waals surface area contributed by atoms with E-state index in [0.717, 1.165) is 13.0 Å². The minimum atomic E-state index is -0.398. The van der Waals surface area contributed by atoms with Crippen molar-refractivity contribution in [3.05, 3.63) is 0 Å². The molecule has 1 aliphatic heterocycles. The molecule has 3 heteroatoms. The third kappa shape index (κ3) is 3.23. The number of nitrogens with two attached hydrogens (primary N) is 1. The first-order valence-electron chi connectivity index (χ1n) is 5.46. The zero-order valence-corrected chi connectivity index (χ0v) is 9.75. The van der Waals surface area contributed by atoms with Crippen molar-refractivity contribution in [3.8, 4) is 0 Å². The average molecular weight is 201 g/mol. The van der Waals surface area contributed by atoms with Crippen LogP contribution < -0.4 is 5.73 Å². The molecule has 0 radical (unpaired) electrons. The summed E-state index contributed by atoms with van der Waals surface area (Å²) in [5, 5.41) is 0. The molecule has 1 rings (SSSR count). The van der Waals surface area contributed by atoms with Crippen LogP contribution in [0.4, 0.5) is 0 Å². The van der Waals surface area contributed by atoms with E-state index >= 15 is 0 Å². The van der Waals surface area contributed by atoms with Crippen molar-refractivity contribution in [2.45, 2.75) is 46.0 Å². The minimum Gasteiger partial charge on any atom is -0.348 e. The van der Waals surface area contributed by atoms with E-state index in [1.54, 1.807) is 0 Å². The van der Waals surface area contributed by atoms with Gasteiger partial charge in [-0.1, -0.05) is 13.8 Å². The lowest BCUT2D eigenvalue weighted by Gasteiger charge is -2.23. The molecule has 0 bridgehead atoms. The van der Waals surface area contributed by atoms with E-state index in [1.165, 1.54) is 0 Å². The van der Waals surface area contributed by atoms with E-state index in [9.17, 15) is 0 Å². The van der Waals surface area contributed by atoms with Gasteiger partial charge in [0.15, 0.2) is 5.79 Å². The highest BCUT2D eigenvalue weighted by molar-refractivity contribution is 4.76.